The molecule has 2 aromatic heterocycles. The molecule has 0 atom stereocenters. The smallest absolute Gasteiger partial charge is 0.251 e. The summed E-state index contributed by atoms with van der Waals surface area (Å²) in [6.07, 6.45) is 4.62. The van der Waals surface area contributed by atoms with Crippen LogP contribution in [0.1, 0.15) is 44.9 Å². The summed E-state index contributed by atoms with van der Waals surface area (Å²) in [4.78, 5) is 19.4. The van der Waals surface area contributed by atoms with Crippen molar-refractivity contribution in [1.82, 2.24) is 4.98 Å². The van der Waals surface area contributed by atoms with Crippen LogP contribution in [-0.4, -0.2) is 10.9 Å². The molecule has 0 radical (unpaired) electrons. The zero-order valence-corrected chi connectivity index (χ0v) is 14.8. The lowest BCUT2D eigenvalue weighted by molar-refractivity contribution is 0.1000. The quantitative estimate of drug-likeness (QED) is 0.746. The molecule has 1 aliphatic carbocycles. The van der Waals surface area contributed by atoms with Crippen LogP contribution in [-0.2, 0) is 12.8 Å². The molecular weight excluding hydrogens is 316 g/mol. The van der Waals surface area contributed by atoms with E-state index < -0.39 is 5.91 Å². The van der Waals surface area contributed by atoms with Gasteiger partial charge in [0.05, 0.1) is 11.3 Å². The van der Waals surface area contributed by atoms with E-state index in [1.54, 1.807) is 11.3 Å². The van der Waals surface area contributed by atoms with E-state index in [4.69, 9.17) is 10.7 Å². The molecule has 122 valence electrons. The van der Waals surface area contributed by atoms with Crippen molar-refractivity contribution in [1.29, 1.82) is 0 Å². The van der Waals surface area contributed by atoms with Crippen molar-refractivity contribution < 1.29 is 4.79 Å². The number of rotatable bonds is 2. The minimum absolute atomic E-state index is 0.395. The van der Waals surface area contributed by atoms with Crippen molar-refractivity contribution in [2.75, 3.05) is 0 Å². The first-order valence-corrected chi connectivity index (χ1v) is 9.19. The third-order valence-corrected chi connectivity index (χ3v) is 6.06. The number of aromatic nitrogens is 1. The van der Waals surface area contributed by atoms with Crippen molar-refractivity contribution in [3.63, 3.8) is 0 Å². The highest BCUT2D eigenvalue weighted by Gasteiger charge is 2.25. The minimum Gasteiger partial charge on any atom is -0.366 e. The first kappa shape index (κ1) is 15.3. The van der Waals surface area contributed by atoms with Gasteiger partial charge in [-0.3, -0.25) is 4.79 Å². The lowest BCUT2D eigenvalue weighted by Gasteiger charge is -2.15. The van der Waals surface area contributed by atoms with Gasteiger partial charge < -0.3 is 5.73 Å². The van der Waals surface area contributed by atoms with Crippen molar-refractivity contribution >= 4 is 27.5 Å². The number of carbonyl (C=O) groups excluding carboxylic acids is 1. The monoisotopic (exact) mass is 336 g/mol. The number of aryl methyl sites for hydroxylation is 4. The van der Waals surface area contributed by atoms with Gasteiger partial charge in [0.2, 0.25) is 0 Å². The van der Waals surface area contributed by atoms with E-state index in [0.717, 1.165) is 39.9 Å². The van der Waals surface area contributed by atoms with Crippen LogP contribution in [0.25, 0.3) is 21.3 Å². The van der Waals surface area contributed by atoms with Gasteiger partial charge in [-0.05, 0) is 50.7 Å². The summed E-state index contributed by atoms with van der Waals surface area (Å²) >= 11 is 1.78. The van der Waals surface area contributed by atoms with Gasteiger partial charge in [-0.25, -0.2) is 4.98 Å². The maximum Gasteiger partial charge on any atom is 0.251 e. The molecule has 0 fully saturated rings. The highest BCUT2D eigenvalue weighted by Crippen LogP contribution is 2.42. The molecule has 4 heteroatoms. The first-order chi connectivity index (χ1) is 11.6. The van der Waals surface area contributed by atoms with E-state index in [2.05, 4.69) is 31.2 Å². The Hall–Kier alpha value is -2.20. The van der Waals surface area contributed by atoms with Crippen LogP contribution in [0.4, 0.5) is 0 Å². The van der Waals surface area contributed by atoms with Crippen molar-refractivity contribution in [3.8, 4) is 11.1 Å². The molecule has 0 aliphatic heterocycles. The maximum absolute atomic E-state index is 12.2. The second-order valence-electron chi connectivity index (χ2n) is 6.57. The Morgan fingerprint density at radius 3 is 2.54 bits per heavy atom. The van der Waals surface area contributed by atoms with Gasteiger partial charge >= 0.3 is 0 Å². The lowest BCUT2D eigenvalue weighted by atomic mass is 9.89. The Kier molecular flexibility index (Phi) is 3.65. The van der Waals surface area contributed by atoms with E-state index in [1.165, 1.54) is 28.8 Å². The van der Waals surface area contributed by atoms with E-state index in [0.29, 0.717) is 5.56 Å². The van der Waals surface area contributed by atoms with Gasteiger partial charge in [0.1, 0.15) is 4.83 Å². The molecule has 0 unspecified atom stereocenters. The Labute approximate surface area is 145 Å². The molecule has 1 aliphatic rings. The number of fused-ring (bicyclic) bond motifs is 3. The van der Waals surface area contributed by atoms with Gasteiger partial charge in [-0.2, -0.15) is 0 Å². The highest BCUT2D eigenvalue weighted by atomic mass is 32.1. The molecule has 2 N–H and O–H groups in total. The number of nitrogens with zero attached hydrogens (tertiary/aromatic N) is 1. The minimum atomic E-state index is -0.395. The number of nitrogens with two attached hydrogens (primary N) is 1. The van der Waals surface area contributed by atoms with E-state index in [-0.39, 0.29) is 0 Å². The fraction of sp³-hybridized carbons (Fsp3) is 0.300. The summed E-state index contributed by atoms with van der Waals surface area (Å²) in [6.45, 7) is 3.95. The summed E-state index contributed by atoms with van der Waals surface area (Å²) in [5.74, 6) is -0.395. The SMILES string of the molecule is Cc1ccc(-c2c(C(N)=O)c(C)nc3sc4c(c23)CCCC4)cc1. The molecule has 0 bridgehead atoms. The van der Waals surface area contributed by atoms with Crippen LogP contribution < -0.4 is 5.73 Å². The molecule has 0 spiro atoms. The van der Waals surface area contributed by atoms with Gasteiger partial charge in [-0.15, -0.1) is 11.3 Å². The Morgan fingerprint density at radius 1 is 1.12 bits per heavy atom. The molecule has 0 saturated heterocycles. The van der Waals surface area contributed by atoms with Crippen LogP contribution in [0, 0.1) is 13.8 Å². The molecule has 0 saturated carbocycles. The molecular formula is C20H20N2OS. The van der Waals surface area contributed by atoms with Crippen LogP contribution in [0.5, 0.6) is 0 Å². The summed E-state index contributed by atoms with van der Waals surface area (Å²) in [7, 11) is 0. The summed E-state index contributed by atoms with van der Waals surface area (Å²) in [6, 6.07) is 8.34. The molecule has 2 heterocycles. The van der Waals surface area contributed by atoms with Crippen LogP contribution in [0.15, 0.2) is 24.3 Å². The zero-order valence-electron chi connectivity index (χ0n) is 14.0. The number of carbonyl (C=O) groups is 1. The normalized spacial score (nSPS) is 13.9. The average Bonchev–Trinajstić information content (AvgIpc) is 2.92. The van der Waals surface area contributed by atoms with Gasteiger partial charge in [0, 0.05) is 15.8 Å². The number of hydrogen-bond acceptors (Lipinski definition) is 3. The summed E-state index contributed by atoms with van der Waals surface area (Å²) < 4.78 is 0. The highest BCUT2D eigenvalue weighted by molar-refractivity contribution is 7.19. The lowest BCUT2D eigenvalue weighted by Crippen LogP contribution is -2.15. The van der Waals surface area contributed by atoms with E-state index in [1.807, 2.05) is 6.92 Å². The number of primary amides is 1. The Balaban J connectivity index is 2.13. The summed E-state index contributed by atoms with van der Waals surface area (Å²) in [5, 5.41) is 1.15. The van der Waals surface area contributed by atoms with Crippen LogP contribution in [0.3, 0.4) is 0 Å². The molecule has 3 aromatic rings. The number of amides is 1. The molecule has 1 aromatic carbocycles. The number of pyridine rings is 1. The number of hydrogen-bond donors (Lipinski definition) is 1. The molecule has 4 rings (SSSR count). The van der Waals surface area contributed by atoms with Gasteiger partial charge in [-0.1, -0.05) is 29.8 Å². The molecule has 24 heavy (non-hydrogen) atoms. The standard InChI is InChI=1S/C20H20N2OS/c1-11-7-9-13(10-8-11)17-16(19(21)23)12(2)22-20-18(17)14-5-3-4-6-15(14)24-20/h7-10H,3-6H2,1-2H3,(H2,21,23). The van der Waals surface area contributed by atoms with Crippen molar-refractivity contribution in [2.24, 2.45) is 5.73 Å². The maximum atomic E-state index is 12.2. The van der Waals surface area contributed by atoms with E-state index >= 15 is 0 Å². The Bertz CT molecular complexity index is 954. The van der Waals surface area contributed by atoms with E-state index in [9.17, 15) is 4.79 Å². The number of thiophene rings is 1. The fourth-order valence-electron chi connectivity index (χ4n) is 3.71. The largest absolute Gasteiger partial charge is 0.366 e. The second kappa shape index (κ2) is 5.71. The fourth-order valence-corrected chi connectivity index (χ4v) is 5.03. The zero-order chi connectivity index (χ0) is 16.8. The second-order valence-corrected chi connectivity index (χ2v) is 7.65. The van der Waals surface area contributed by atoms with Crippen LogP contribution >= 0.6 is 11.3 Å². The molecule has 3 nitrogen and oxygen atoms in total. The topological polar surface area (TPSA) is 56.0 Å². The third kappa shape index (κ3) is 2.33. The summed E-state index contributed by atoms with van der Waals surface area (Å²) in [5.41, 5.74) is 11.6. The number of benzene rings is 1. The van der Waals surface area contributed by atoms with Crippen molar-refractivity contribution in [3.05, 3.63) is 51.5 Å². The predicted octanol–water partition coefficient (Wildman–Crippen LogP) is 4.56. The third-order valence-electron chi connectivity index (χ3n) is 4.87. The molecule has 1 amide bonds. The Morgan fingerprint density at radius 2 is 1.83 bits per heavy atom. The predicted molar refractivity (Wildman–Crippen MR) is 99.7 cm³/mol. The van der Waals surface area contributed by atoms with Crippen LogP contribution in [0.2, 0.25) is 0 Å². The van der Waals surface area contributed by atoms with Crippen molar-refractivity contribution in [2.45, 2.75) is 39.5 Å². The average molecular weight is 336 g/mol. The van der Waals surface area contributed by atoms with Gasteiger partial charge in [0.25, 0.3) is 5.91 Å². The van der Waals surface area contributed by atoms with Gasteiger partial charge in [0.15, 0.2) is 0 Å². The first-order valence-electron chi connectivity index (χ1n) is 8.38.